The quantitative estimate of drug-likeness (QED) is 0.0399. The Morgan fingerprint density at radius 2 is 0.842 bits per heavy atom. The van der Waals surface area contributed by atoms with Crippen LogP contribution in [0.5, 0.6) is 0 Å². The standard InChI is InChI=1S/C18H13N3O2S.C17H18BNO2.C17H11N3O2S.C15H8BrN3.C4H2BrClN2.C3H6O2S/c1-23-17(22)10-24-16-9-20-11-21-18(16)15-7-6-12(8-19)13-4-2-3-5-14(13)15;1-16(2)17(3,4)21-18(20-16)15-10-9-12(11-19)13-7-5-6-8-14(13)15;18-7-11-5-6-14(13-4-2-1-3-12(11)13)17-15(8-19-10-20-17)23-9-16(21)22;16-14-8-18-9-19-15(14)13-6-5-10(7-17)11-3-1-2-4-12(11)13;5-3-1-7-2-8-4(3)6;1-5-3(4)2-6/h2-7,9,11H,10H2,1H3;5-10H,1-4H3;1-6,8,10H,9H2,(H,21,22);1-6,8-9H;1-2H;6H,2H2,1H3. The van der Waals surface area contributed by atoms with E-state index >= 15 is 0 Å². The van der Waals surface area contributed by atoms with E-state index < -0.39 is 13.1 Å². The summed E-state index contributed by atoms with van der Waals surface area (Å²) >= 11 is 18.2. The number of aliphatic carboxylic acids is 1. The van der Waals surface area contributed by atoms with Crippen molar-refractivity contribution < 1.29 is 38.3 Å². The van der Waals surface area contributed by atoms with Crippen LogP contribution in [0.3, 0.4) is 0 Å². The molecular formula is C74H58BBr2ClN12O8S3. The van der Waals surface area contributed by atoms with Crippen LogP contribution in [0.15, 0.2) is 214 Å². The largest absolute Gasteiger partial charge is 0.495 e. The molecule has 1 aliphatic rings. The number of fused-ring (bicyclic) bond motifs is 4. The van der Waals surface area contributed by atoms with Crippen LogP contribution in [0.25, 0.3) is 76.9 Å². The monoisotopic (exact) mass is 1540 g/mol. The first kappa shape index (κ1) is 76.5. The second kappa shape index (κ2) is 36.7. The molecule has 1 saturated heterocycles. The third kappa shape index (κ3) is 19.4. The molecule has 1 aliphatic heterocycles. The van der Waals surface area contributed by atoms with E-state index in [1.807, 2.05) is 161 Å². The van der Waals surface area contributed by atoms with Crippen LogP contribution in [0.1, 0.15) is 49.9 Å². The van der Waals surface area contributed by atoms with Gasteiger partial charge in [-0.15, -0.1) is 23.5 Å². The van der Waals surface area contributed by atoms with E-state index in [2.05, 4.69) is 118 Å². The molecule has 0 bridgehead atoms. The van der Waals surface area contributed by atoms with Gasteiger partial charge >= 0.3 is 25.0 Å². The average molecular weight is 1550 g/mol. The molecule has 0 amide bonds. The lowest BCUT2D eigenvalue weighted by Gasteiger charge is -2.32. The Morgan fingerprint density at radius 1 is 0.495 bits per heavy atom. The minimum absolute atomic E-state index is 0.0609. The molecule has 20 nitrogen and oxygen atoms in total. The first-order valence-corrected chi connectivity index (χ1v) is 34.7. The van der Waals surface area contributed by atoms with E-state index in [9.17, 15) is 30.2 Å². The molecule has 0 radical (unpaired) electrons. The summed E-state index contributed by atoms with van der Waals surface area (Å²) in [6, 6.07) is 54.7. The van der Waals surface area contributed by atoms with Crippen molar-refractivity contribution in [1.29, 1.82) is 21.0 Å². The summed E-state index contributed by atoms with van der Waals surface area (Å²) in [5, 5.41) is 53.7. The minimum atomic E-state index is -0.894. The van der Waals surface area contributed by atoms with E-state index in [-0.39, 0.29) is 40.4 Å². The van der Waals surface area contributed by atoms with Crippen LogP contribution >= 0.6 is 79.6 Å². The smallest absolute Gasteiger partial charge is 0.481 e. The number of nitriles is 4. The van der Waals surface area contributed by atoms with Gasteiger partial charge in [0, 0.05) is 57.6 Å². The normalized spacial score (nSPS) is 12.0. The SMILES string of the molecule is CC1(C)OB(c2ccc(C#N)c3ccccc23)OC1(C)C.COC(=O)CS.COC(=O)CSc1cncnc1-c1ccc(C#N)c2ccccc12.Clc1ncncc1Br.N#Cc1ccc(-c2ncncc2Br)c2ccccc12.N#Cc1ccc(-c2ncncc2SCC(=O)O)c2ccccc12. The van der Waals surface area contributed by atoms with E-state index in [0.29, 0.717) is 38.0 Å². The second-order valence-corrected chi connectivity index (χ2v) is 26.5. The van der Waals surface area contributed by atoms with Crippen molar-refractivity contribution >= 4 is 153 Å². The third-order valence-electron chi connectivity index (χ3n) is 15.4. The number of esters is 2. The van der Waals surface area contributed by atoms with Crippen LogP contribution in [-0.2, 0) is 33.2 Å². The van der Waals surface area contributed by atoms with Gasteiger partial charge in [0.05, 0.1) is 125 Å². The Kier molecular flexibility index (Phi) is 27.8. The highest BCUT2D eigenvalue weighted by molar-refractivity contribution is 9.11. The molecule has 13 rings (SSSR count). The Balaban J connectivity index is 0.000000161. The summed E-state index contributed by atoms with van der Waals surface area (Å²) < 4.78 is 22.7. The van der Waals surface area contributed by atoms with Crippen molar-refractivity contribution in [1.82, 2.24) is 39.9 Å². The molecule has 504 valence electrons. The Morgan fingerprint density at radius 3 is 1.20 bits per heavy atom. The molecule has 0 unspecified atom stereocenters. The lowest BCUT2D eigenvalue weighted by Crippen LogP contribution is -2.41. The number of aromatic nitrogens is 8. The number of carbonyl (C=O) groups is 3. The predicted molar refractivity (Wildman–Crippen MR) is 403 cm³/mol. The number of thioether (sulfide) groups is 2. The molecule has 4 aromatic heterocycles. The number of carbonyl (C=O) groups excluding carboxylic acids is 2. The van der Waals surface area contributed by atoms with Gasteiger partial charge in [0.2, 0.25) is 0 Å². The molecule has 0 spiro atoms. The Bertz CT molecular complexity index is 5150. The number of methoxy groups -OCH3 is 2. The van der Waals surface area contributed by atoms with Crippen molar-refractivity contribution in [3.05, 3.63) is 232 Å². The number of ether oxygens (including phenoxy) is 2. The first-order chi connectivity index (χ1) is 48.7. The van der Waals surface area contributed by atoms with Crippen LogP contribution in [0, 0.1) is 45.3 Å². The number of carboxylic acids is 1. The summed E-state index contributed by atoms with van der Waals surface area (Å²) in [6.07, 6.45) is 12.4. The molecule has 0 aliphatic carbocycles. The van der Waals surface area contributed by atoms with Gasteiger partial charge in [-0.1, -0.05) is 133 Å². The zero-order valence-electron chi connectivity index (χ0n) is 54.7. The number of nitrogens with zero attached hydrogens (tertiary/aromatic N) is 12. The van der Waals surface area contributed by atoms with Crippen LogP contribution < -0.4 is 5.46 Å². The average Bonchev–Trinajstić information content (AvgIpc) is 1.70. The number of hydrogen-bond donors (Lipinski definition) is 2. The highest BCUT2D eigenvalue weighted by Crippen LogP contribution is 2.40. The molecule has 1 fully saturated rings. The summed E-state index contributed by atoms with van der Waals surface area (Å²) in [5.74, 6) is -1.21. The van der Waals surface area contributed by atoms with Gasteiger partial charge in [-0.3, -0.25) is 14.4 Å². The summed E-state index contributed by atoms with van der Waals surface area (Å²) in [4.78, 5) is 66.0. The molecule has 8 aromatic carbocycles. The summed E-state index contributed by atoms with van der Waals surface area (Å²) in [7, 11) is 2.28. The van der Waals surface area contributed by atoms with E-state index in [0.717, 1.165) is 90.5 Å². The zero-order valence-corrected chi connectivity index (χ0v) is 61.2. The molecule has 0 atom stereocenters. The number of thiol groups is 1. The van der Waals surface area contributed by atoms with E-state index in [1.54, 1.807) is 36.9 Å². The lowest BCUT2D eigenvalue weighted by molar-refractivity contribution is -0.138. The van der Waals surface area contributed by atoms with Gasteiger partial charge < -0.3 is 23.9 Å². The number of rotatable bonds is 11. The molecule has 0 saturated carbocycles. The highest BCUT2D eigenvalue weighted by atomic mass is 79.9. The van der Waals surface area contributed by atoms with Crippen molar-refractivity contribution in [3.8, 4) is 58.0 Å². The predicted octanol–water partition coefficient (Wildman–Crippen LogP) is 15.7. The van der Waals surface area contributed by atoms with Crippen LogP contribution in [0.2, 0.25) is 5.15 Å². The van der Waals surface area contributed by atoms with Crippen molar-refractivity contribution in [3.63, 3.8) is 0 Å². The maximum absolute atomic E-state index is 11.4. The Labute approximate surface area is 618 Å². The molecule has 5 heterocycles. The molecule has 1 N–H and O–H groups in total. The fourth-order valence-corrected chi connectivity index (χ4v) is 12.3. The van der Waals surface area contributed by atoms with Gasteiger partial charge in [0.1, 0.15) is 30.5 Å². The van der Waals surface area contributed by atoms with Gasteiger partial charge in [0.15, 0.2) is 0 Å². The second-order valence-electron chi connectivity index (χ2n) is 22.0. The number of halogens is 3. The fourth-order valence-electron chi connectivity index (χ4n) is 9.86. The van der Waals surface area contributed by atoms with Gasteiger partial charge in [0.25, 0.3) is 0 Å². The van der Waals surface area contributed by atoms with Crippen LogP contribution in [0.4, 0.5) is 0 Å². The molecule has 101 heavy (non-hydrogen) atoms. The lowest BCUT2D eigenvalue weighted by atomic mass is 9.75. The fraction of sp³-hybridized carbons (Fsp3) is 0.149. The topological polar surface area (TPSA) is 307 Å². The van der Waals surface area contributed by atoms with Crippen molar-refractivity contribution in [2.75, 3.05) is 31.5 Å². The Hall–Kier alpha value is -10.2. The summed E-state index contributed by atoms with van der Waals surface area (Å²) in [6.45, 7) is 8.16. The van der Waals surface area contributed by atoms with Gasteiger partial charge in [-0.2, -0.15) is 33.7 Å². The molecule has 27 heteroatoms. The van der Waals surface area contributed by atoms with Crippen LogP contribution in [-0.4, -0.2) is 113 Å². The number of hydrogen-bond acceptors (Lipinski definition) is 22. The number of carboxylic acid groups (broad SMARTS) is 1. The third-order valence-corrected chi connectivity index (χ3v) is 19.4. The minimum Gasteiger partial charge on any atom is -0.481 e. The first-order valence-electron chi connectivity index (χ1n) is 30.2. The maximum atomic E-state index is 11.4. The maximum Gasteiger partial charge on any atom is 0.495 e. The molecular weight excluding hydrogens is 1490 g/mol. The zero-order chi connectivity index (χ0) is 72.6. The van der Waals surface area contributed by atoms with Gasteiger partial charge in [-0.25, -0.2) is 39.9 Å². The van der Waals surface area contributed by atoms with E-state index in [4.69, 9.17) is 31.3 Å². The van der Waals surface area contributed by atoms with Crippen molar-refractivity contribution in [2.24, 2.45) is 0 Å². The van der Waals surface area contributed by atoms with Gasteiger partial charge in [-0.05, 0) is 116 Å². The van der Waals surface area contributed by atoms with E-state index in [1.165, 1.54) is 63.1 Å². The summed E-state index contributed by atoms with van der Waals surface area (Å²) in [5.41, 5.74) is 7.78. The molecule has 12 aromatic rings. The number of benzene rings is 8. The highest BCUT2D eigenvalue weighted by Gasteiger charge is 2.52. The van der Waals surface area contributed by atoms with Crippen molar-refractivity contribution in [2.45, 2.75) is 48.7 Å².